The quantitative estimate of drug-likeness (QED) is 0.881. The van der Waals surface area contributed by atoms with E-state index in [4.69, 9.17) is 4.74 Å². The van der Waals surface area contributed by atoms with Gasteiger partial charge in [-0.15, -0.1) is 0 Å². The Morgan fingerprint density at radius 2 is 1.89 bits per heavy atom. The van der Waals surface area contributed by atoms with Crippen LogP contribution in [0.25, 0.3) is 10.8 Å². The van der Waals surface area contributed by atoms with Gasteiger partial charge in [0.25, 0.3) is 0 Å². The van der Waals surface area contributed by atoms with Crippen molar-refractivity contribution in [3.05, 3.63) is 24.4 Å². The molecule has 1 aromatic carbocycles. The summed E-state index contributed by atoms with van der Waals surface area (Å²) in [6.07, 6.45) is 7.97. The summed E-state index contributed by atoms with van der Waals surface area (Å²) in [6, 6.07) is 6.72. The Kier molecular flexibility index (Phi) is 5.14. The Labute approximate surface area is 160 Å². The molecule has 2 aliphatic rings. The number of hydrogen-bond acceptors (Lipinski definition) is 4. The summed E-state index contributed by atoms with van der Waals surface area (Å²) in [6.45, 7) is 5.10. The first-order valence-electron chi connectivity index (χ1n) is 10.2. The van der Waals surface area contributed by atoms with E-state index in [0.717, 1.165) is 42.4 Å². The largest absolute Gasteiger partial charge is 0.494 e. The van der Waals surface area contributed by atoms with Gasteiger partial charge in [-0.2, -0.15) is 0 Å². The van der Waals surface area contributed by atoms with Crippen LogP contribution >= 0.6 is 0 Å². The number of piperazine rings is 1. The predicted octanol–water partition coefficient (Wildman–Crippen LogP) is 4.13. The van der Waals surface area contributed by atoms with Gasteiger partial charge < -0.3 is 24.2 Å². The third kappa shape index (κ3) is 3.57. The fourth-order valence-electron chi connectivity index (χ4n) is 4.40. The molecule has 1 aliphatic heterocycles. The molecule has 1 aliphatic carbocycles. The molecule has 1 amide bonds. The van der Waals surface area contributed by atoms with Crippen LogP contribution in [0.15, 0.2) is 24.4 Å². The highest BCUT2D eigenvalue weighted by molar-refractivity contribution is 5.91. The van der Waals surface area contributed by atoms with Gasteiger partial charge in [-0.05, 0) is 31.9 Å². The van der Waals surface area contributed by atoms with Crippen LogP contribution in [-0.2, 0) is 4.74 Å². The van der Waals surface area contributed by atoms with Crippen molar-refractivity contribution in [2.75, 3.05) is 37.7 Å². The number of nitrogens with zero attached hydrogens (tertiary/aromatic N) is 3. The van der Waals surface area contributed by atoms with Gasteiger partial charge in [-0.25, -0.2) is 4.79 Å². The molecular formula is C21H29N3O3. The Morgan fingerprint density at radius 3 is 2.59 bits per heavy atom. The zero-order valence-electron chi connectivity index (χ0n) is 16.1. The van der Waals surface area contributed by atoms with E-state index in [2.05, 4.69) is 33.9 Å². The third-order valence-corrected chi connectivity index (χ3v) is 5.94. The van der Waals surface area contributed by atoms with E-state index in [9.17, 15) is 9.90 Å². The number of amides is 1. The van der Waals surface area contributed by atoms with Gasteiger partial charge in [0, 0.05) is 54.9 Å². The van der Waals surface area contributed by atoms with Crippen molar-refractivity contribution >= 4 is 22.6 Å². The van der Waals surface area contributed by atoms with Crippen molar-refractivity contribution in [3.63, 3.8) is 0 Å². The fraction of sp³-hybridized carbons (Fsp3) is 0.571. The number of rotatable bonds is 3. The van der Waals surface area contributed by atoms with Crippen molar-refractivity contribution in [1.82, 2.24) is 9.47 Å². The number of fused-ring (bicyclic) bond motifs is 1. The van der Waals surface area contributed by atoms with Crippen molar-refractivity contribution in [2.24, 2.45) is 0 Å². The summed E-state index contributed by atoms with van der Waals surface area (Å²) in [5, 5.41) is 12.8. The van der Waals surface area contributed by atoms with Crippen LogP contribution in [0.5, 0.6) is 5.88 Å². The van der Waals surface area contributed by atoms with Gasteiger partial charge in [0.2, 0.25) is 0 Å². The van der Waals surface area contributed by atoms with Crippen molar-refractivity contribution < 1.29 is 14.6 Å². The monoisotopic (exact) mass is 371 g/mol. The van der Waals surface area contributed by atoms with E-state index >= 15 is 0 Å². The molecule has 1 N–H and O–H groups in total. The van der Waals surface area contributed by atoms with E-state index in [1.54, 1.807) is 4.90 Å². The van der Waals surface area contributed by atoms with Crippen molar-refractivity contribution in [3.8, 4) is 5.88 Å². The van der Waals surface area contributed by atoms with Crippen molar-refractivity contribution in [2.45, 2.75) is 45.1 Å². The molecule has 146 valence electrons. The highest BCUT2D eigenvalue weighted by atomic mass is 16.6. The number of hydrogen-bond donors (Lipinski definition) is 1. The topological polar surface area (TPSA) is 57.9 Å². The lowest BCUT2D eigenvalue weighted by Gasteiger charge is -2.35. The number of carbonyl (C=O) groups is 1. The van der Waals surface area contributed by atoms with Crippen LogP contribution in [0, 0.1) is 0 Å². The summed E-state index contributed by atoms with van der Waals surface area (Å²) in [5.41, 5.74) is 1.10. The number of ether oxygens (including phenoxy) is 1. The molecule has 0 atom stereocenters. The molecule has 0 radical (unpaired) electrons. The van der Waals surface area contributed by atoms with Gasteiger partial charge >= 0.3 is 6.09 Å². The van der Waals surface area contributed by atoms with E-state index in [0.29, 0.717) is 31.6 Å². The number of aromatic hydroxyl groups is 1. The van der Waals surface area contributed by atoms with E-state index in [1.165, 1.54) is 19.3 Å². The number of carbonyl (C=O) groups excluding carboxylic acids is 1. The Bertz CT molecular complexity index is 802. The van der Waals surface area contributed by atoms with Crippen LogP contribution in [0.3, 0.4) is 0 Å². The molecule has 2 fully saturated rings. The second-order valence-electron chi connectivity index (χ2n) is 7.60. The minimum Gasteiger partial charge on any atom is -0.494 e. The molecule has 6 nitrogen and oxygen atoms in total. The summed E-state index contributed by atoms with van der Waals surface area (Å²) < 4.78 is 7.16. The van der Waals surface area contributed by atoms with E-state index < -0.39 is 0 Å². The number of aromatic nitrogens is 1. The molecule has 1 saturated carbocycles. The lowest BCUT2D eigenvalue weighted by molar-refractivity contribution is 0.105. The van der Waals surface area contributed by atoms with Crippen LogP contribution in [-0.4, -0.2) is 53.5 Å². The molecule has 2 heterocycles. The molecule has 2 aromatic rings. The summed E-state index contributed by atoms with van der Waals surface area (Å²) in [4.78, 5) is 15.9. The summed E-state index contributed by atoms with van der Waals surface area (Å²) >= 11 is 0. The average Bonchev–Trinajstić information content (AvgIpc) is 3.05. The van der Waals surface area contributed by atoms with Crippen LogP contribution in [0.1, 0.15) is 45.1 Å². The second-order valence-corrected chi connectivity index (χ2v) is 7.60. The van der Waals surface area contributed by atoms with Crippen molar-refractivity contribution in [1.29, 1.82) is 0 Å². The third-order valence-electron chi connectivity index (χ3n) is 5.94. The molecule has 0 bridgehead atoms. The minimum absolute atomic E-state index is 0.227. The predicted molar refractivity (Wildman–Crippen MR) is 107 cm³/mol. The number of benzene rings is 1. The van der Waals surface area contributed by atoms with E-state index in [-0.39, 0.29) is 6.09 Å². The van der Waals surface area contributed by atoms with Crippen LogP contribution in [0.4, 0.5) is 10.5 Å². The molecule has 0 spiro atoms. The maximum absolute atomic E-state index is 11.9. The highest BCUT2D eigenvalue weighted by Gasteiger charge is 2.23. The van der Waals surface area contributed by atoms with Crippen LogP contribution < -0.4 is 4.90 Å². The zero-order valence-corrected chi connectivity index (χ0v) is 16.1. The average molecular weight is 371 g/mol. The van der Waals surface area contributed by atoms with E-state index in [1.807, 2.05) is 6.92 Å². The lowest BCUT2D eigenvalue weighted by Crippen LogP contribution is -2.49. The molecule has 1 saturated heterocycles. The maximum atomic E-state index is 11.9. The Hall–Kier alpha value is -2.37. The van der Waals surface area contributed by atoms with Gasteiger partial charge in [0.05, 0.1) is 6.61 Å². The van der Waals surface area contributed by atoms with Crippen LogP contribution in [0.2, 0.25) is 0 Å². The molecular weight excluding hydrogens is 342 g/mol. The van der Waals surface area contributed by atoms with Gasteiger partial charge in [0.1, 0.15) is 0 Å². The minimum atomic E-state index is -0.227. The van der Waals surface area contributed by atoms with Gasteiger partial charge in [0.15, 0.2) is 5.88 Å². The molecule has 4 rings (SSSR count). The normalized spacial score (nSPS) is 18.9. The zero-order chi connectivity index (χ0) is 18.8. The molecule has 27 heavy (non-hydrogen) atoms. The molecule has 1 aromatic heterocycles. The summed E-state index contributed by atoms with van der Waals surface area (Å²) in [7, 11) is 0. The SMILES string of the molecule is CCOC(=O)N1CCN(c2ccc3cn(C4CCCCC4)c(O)c3c2)CC1. The smallest absolute Gasteiger partial charge is 0.409 e. The lowest BCUT2D eigenvalue weighted by atomic mass is 9.95. The first kappa shape index (κ1) is 18.0. The molecule has 6 heteroatoms. The molecule has 0 unspecified atom stereocenters. The first-order chi connectivity index (χ1) is 13.2. The Morgan fingerprint density at radius 1 is 1.15 bits per heavy atom. The maximum Gasteiger partial charge on any atom is 0.409 e. The van der Waals surface area contributed by atoms with Gasteiger partial charge in [-0.1, -0.05) is 25.3 Å². The summed E-state index contributed by atoms with van der Waals surface area (Å²) in [5.74, 6) is 0.393. The standard InChI is InChI=1S/C21H29N3O3/c1-2-27-21(26)23-12-10-22(11-13-23)18-9-8-16-15-24(20(25)19(16)14-18)17-6-4-3-5-7-17/h8-9,14-15,17,25H,2-7,10-13H2,1H3. The second kappa shape index (κ2) is 7.71. The first-order valence-corrected chi connectivity index (χ1v) is 10.2. The number of anilines is 1. The highest BCUT2D eigenvalue weighted by Crippen LogP contribution is 2.37. The Balaban J connectivity index is 1.50. The fourth-order valence-corrected chi connectivity index (χ4v) is 4.40. The van der Waals surface area contributed by atoms with Gasteiger partial charge in [-0.3, -0.25) is 0 Å².